The van der Waals surface area contributed by atoms with Crippen molar-refractivity contribution in [1.82, 2.24) is 10.3 Å². The maximum atomic E-state index is 12.2. The van der Waals surface area contributed by atoms with Crippen LogP contribution in [0.2, 0.25) is 0 Å². The Balaban J connectivity index is 0.00000220. The normalized spacial score (nSPS) is 10.9. The molecule has 0 bridgehead atoms. The Labute approximate surface area is 135 Å². The number of nitrogens with zero attached hydrogens (tertiary/aromatic N) is 1. The number of halogens is 1. The number of nitrogens with one attached hydrogen (secondary N) is 1. The first kappa shape index (κ1) is 17.6. The van der Waals surface area contributed by atoms with Gasteiger partial charge in [0.25, 0.3) is 5.91 Å². The number of carbonyl (C=O) groups is 1. The molecule has 1 amide bonds. The van der Waals surface area contributed by atoms with Gasteiger partial charge in [-0.25, -0.2) is 4.98 Å². The molecule has 114 valence electrons. The first-order chi connectivity index (χ1) is 9.42. The van der Waals surface area contributed by atoms with Crippen molar-refractivity contribution in [2.45, 2.75) is 32.9 Å². The number of hydrogen-bond acceptors (Lipinski definition) is 4. The summed E-state index contributed by atoms with van der Waals surface area (Å²) in [5.41, 5.74) is 7.73. The molecule has 2 rings (SSSR count). The van der Waals surface area contributed by atoms with Gasteiger partial charge in [-0.05, 0) is 26.3 Å². The fourth-order valence-electron chi connectivity index (χ4n) is 1.96. The smallest absolute Gasteiger partial charge is 0.271 e. The van der Waals surface area contributed by atoms with E-state index in [1.165, 1.54) is 16.9 Å². The molecular weight excluding hydrogens is 306 g/mol. The van der Waals surface area contributed by atoms with Crippen molar-refractivity contribution in [2.24, 2.45) is 5.73 Å². The van der Waals surface area contributed by atoms with E-state index in [4.69, 9.17) is 5.73 Å². The van der Waals surface area contributed by atoms with E-state index >= 15 is 0 Å². The highest BCUT2D eigenvalue weighted by molar-refractivity contribution is 7.09. The Morgan fingerprint density at radius 2 is 2.14 bits per heavy atom. The molecule has 0 fully saturated rings. The van der Waals surface area contributed by atoms with Crippen LogP contribution < -0.4 is 11.1 Å². The standard InChI is InChI=1S/C15H19N3OS.ClH/c1-10-5-4-6-11(7-10)15(2,3)18-14(19)12-9-20-13(8-16)17-12;/h4-7,9H,8,16H2,1-3H3,(H,18,19);1H. The largest absolute Gasteiger partial charge is 0.342 e. The van der Waals surface area contributed by atoms with E-state index in [-0.39, 0.29) is 18.3 Å². The van der Waals surface area contributed by atoms with Crippen LogP contribution in [0.5, 0.6) is 0 Å². The van der Waals surface area contributed by atoms with Gasteiger partial charge in [0.2, 0.25) is 0 Å². The highest BCUT2D eigenvalue weighted by Gasteiger charge is 2.24. The third kappa shape index (κ3) is 4.27. The molecule has 21 heavy (non-hydrogen) atoms. The van der Waals surface area contributed by atoms with Crippen molar-refractivity contribution in [3.63, 3.8) is 0 Å². The molecule has 3 N–H and O–H groups in total. The van der Waals surface area contributed by atoms with Gasteiger partial charge in [0, 0.05) is 11.9 Å². The lowest BCUT2D eigenvalue weighted by atomic mass is 9.93. The van der Waals surface area contributed by atoms with Gasteiger partial charge in [0.05, 0.1) is 5.54 Å². The zero-order valence-electron chi connectivity index (χ0n) is 12.3. The van der Waals surface area contributed by atoms with Gasteiger partial charge in [0.1, 0.15) is 10.7 Å². The molecule has 0 saturated heterocycles. The Morgan fingerprint density at radius 1 is 1.43 bits per heavy atom. The van der Waals surface area contributed by atoms with E-state index in [0.29, 0.717) is 12.2 Å². The van der Waals surface area contributed by atoms with Crippen LogP contribution in [0.4, 0.5) is 0 Å². The summed E-state index contributed by atoms with van der Waals surface area (Å²) in [6.45, 7) is 6.36. The predicted molar refractivity (Wildman–Crippen MR) is 88.9 cm³/mol. The van der Waals surface area contributed by atoms with Gasteiger partial charge in [-0.3, -0.25) is 4.79 Å². The van der Waals surface area contributed by atoms with Gasteiger partial charge in [0.15, 0.2) is 0 Å². The summed E-state index contributed by atoms with van der Waals surface area (Å²) in [5.74, 6) is -0.174. The number of benzene rings is 1. The third-order valence-electron chi connectivity index (χ3n) is 3.12. The average molecular weight is 326 g/mol. The van der Waals surface area contributed by atoms with Crippen molar-refractivity contribution < 1.29 is 4.79 Å². The zero-order valence-corrected chi connectivity index (χ0v) is 14.0. The van der Waals surface area contributed by atoms with E-state index in [1.54, 1.807) is 5.38 Å². The van der Waals surface area contributed by atoms with Crippen LogP contribution >= 0.6 is 23.7 Å². The van der Waals surface area contributed by atoms with Crippen LogP contribution in [-0.4, -0.2) is 10.9 Å². The molecule has 0 aliphatic heterocycles. The third-order valence-corrected chi connectivity index (χ3v) is 4.00. The Kier molecular flexibility index (Phi) is 5.89. The monoisotopic (exact) mass is 325 g/mol. The Morgan fingerprint density at radius 3 is 2.71 bits per heavy atom. The molecule has 0 aliphatic carbocycles. The number of rotatable bonds is 4. The lowest BCUT2D eigenvalue weighted by molar-refractivity contribution is 0.0907. The zero-order chi connectivity index (χ0) is 14.8. The van der Waals surface area contributed by atoms with E-state index in [1.807, 2.05) is 39.0 Å². The molecule has 2 aromatic rings. The minimum Gasteiger partial charge on any atom is -0.342 e. The van der Waals surface area contributed by atoms with E-state index in [2.05, 4.69) is 16.4 Å². The summed E-state index contributed by atoms with van der Waals surface area (Å²) in [7, 11) is 0. The molecule has 0 atom stereocenters. The van der Waals surface area contributed by atoms with Crippen LogP contribution in [0.1, 0.15) is 40.5 Å². The summed E-state index contributed by atoms with van der Waals surface area (Å²) in [6.07, 6.45) is 0. The predicted octanol–water partition coefficient (Wildman–Crippen LogP) is 3.00. The molecule has 0 unspecified atom stereocenters. The van der Waals surface area contributed by atoms with Gasteiger partial charge < -0.3 is 11.1 Å². The number of carbonyl (C=O) groups excluding carboxylic acids is 1. The van der Waals surface area contributed by atoms with Crippen LogP contribution in [0.3, 0.4) is 0 Å². The van der Waals surface area contributed by atoms with Crippen molar-refractivity contribution >= 4 is 29.7 Å². The maximum Gasteiger partial charge on any atom is 0.271 e. The van der Waals surface area contributed by atoms with E-state index in [9.17, 15) is 4.79 Å². The summed E-state index contributed by atoms with van der Waals surface area (Å²) in [6, 6.07) is 8.12. The molecule has 6 heteroatoms. The number of nitrogens with two attached hydrogens (primary N) is 1. The molecule has 0 spiro atoms. The second-order valence-corrected chi connectivity index (χ2v) is 6.22. The summed E-state index contributed by atoms with van der Waals surface area (Å²) >= 11 is 1.41. The quantitative estimate of drug-likeness (QED) is 0.908. The topological polar surface area (TPSA) is 68.0 Å². The first-order valence-corrected chi connectivity index (χ1v) is 7.34. The average Bonchev–Trinajstić information content (AvgIpc) is 2.87. The van der Waals surface area contributed by atoms with Gasteiger partial charge in [-0.2, -0.15) is 0 Å². The highest BCUT2D eigenvalue weighted by atomic mass is 35.5. The van der Waals surface area contributed by atoms with Gasteiger partial charge in [-0.1, -0.05) is 29.8 Å². The molecule has 0 saturated carbocycles. The number of hydrogen-bond donors (Lipinski definition) is 2. The maximum absolute atomic E-state index is 12.2. The molecule has 1 aromatic heterocycles. The lowest BCUT2D eigenvalue weighted by Crippen LogP contribution is -2.41. The fourth-order valence-corrected chi connectivity index (χ4v) is 2.62. The number of thiazole rings is 1. The second-order valence-electron chi connectivity index (χ2n) is 5.28. The van der Waals surface area contributed by atoms with Crippen molar-refractivity contribution in [3.05, 3.63) is 51.5 Å². The molecule has 4 nitrogen and oxygen atoms in total. The molecule has 1 aromatic carbocycles. The highest BCUT2D eigenvalue weighted by Crippen LogP contribution is 2.21. The summed E-state index contributed by atoms with van der Waals surface area (Å²) in [4.78, 5) is 16.4. The first-order valence-electron chi connectivity index (χ1n) is 6.46. The minimum atomic E-state index is -0.449. The number of aryl methyl sites for hydroxylation is 1. The van der Waals surface area contributed by atoms with E-state index in [0.717, 1.165) is 10.6 Å². The second kappa shape index (κ2) is 7.02. The SMILES string of the molecule is Cc1cccc(C(C)(C)NC(=O)c2csc(CN)n2)c1.Cl. The Bertz CT molecular complexity index is 625. The molecule has 0 radical (unpaired) electrons. The molecule has 0 aliphatic rings. The van der Waals surface area contributed by atoms with Gasteiger partial charge in [-0.15, -0.1) is 23.7 Å². The molecule has 1 heterocycles. The number of aromatic nitrogens is 1. The Hall–Kier alpha value is -1.43. The minimum absolute atomic E-state index is 0. The fraction of sp³-hybridized carbons (Fsp3) is 0.333. The molecular formula is C15H20ClN3OS. The van der Waals surface area contributed by atoms with Crippen LogP contribution in [0.25, 0.3) is 0 Å². The van der Waals surface area contributed by atoms with E-state index < -0.39 is 5.54 Å². The van der Waals surface area contributed by atoms with Crippen LogP contribution in [-0.2, 0) is 12.1 Å². The van der Waals surface area contributed by atoms with Gasteiger partial charge >= 0.3 is 0 Å². The van der Waals surface area contributed by atoms with Crippen molar-refractivity contribution in [1.29, 1.82) is 0 Å². The lowest BCUT2D eigenvalue weighted by Gasteiger charge is -2.27. The van der Waals surface area contributed by atoms with Crippen LogP contribution in [0, 0.1) is 6.92 Å². The number of amides is 1. The summed E-state index contributed by atoms with van der Waals surface area (Å²) < 4.78 is 0. The summed E-state index contributed by atoms with van der Waals surface area (Å²) in [5, 5.41) is 5.52. The van der Waals surface area contributed by atoms with Crippen LogP contribution in [0.15, 0.2) is 29.6 Å². The van der Waals surface area contributed by atoms with Crippen molar-refractivity contribution in [2.75, 3.05) is 0 Å². The van der Waals surface area contributed by atoms with Crippen molar-refractivity contribution in [3.8, 4) is 0 Å².